The predicted molar refractivity (Wildman–Crippen MR) is 88.9 cm³/mol. The summed E-state index contributed by atoms with van der Waals surface area (Å²) in [5.41, 5.74) is 1.40. The molecule has 2 aromatic carbocycles. The molecule has 0 unspecified atom stereocenters. The van der Waals surface area contributed by atoms with Crippen LogP contribution in [0.1, 0.15) is 28.4 Å². The van der Waals surface area contributed by atoms with Crippen molar-refractivity contribution in [3.63, 3.8) is 0 Å². The summed E-state index contributed by atoms with van der Waals surface area (Å²) >= 11 is 0. The monoisotopic (exact) mass is 309 g/mol. The topological polar surface area (TPSA) is 55.4 Å². The lowest BCUT2D eigenvalue weighted by Gasteiger charge is -2.18. The Labute approximate surface area is 135 Å². The Hall–Kier alpha value is -2.88. The minimum absolute atomic E-state index is 0.0659. The Kier molecular flexibility index (Phi) is 6.12. The molecular weight excluding hydrogens is 290 g/mol. The van der Waals surface area contributed by atoms with Crippen LogP contribution in [-0.2, 0) is 9.53 Å². The summed E-state index contributed by atoms with van der Waals surface area (Å²) in [5, 5.41) is 2.89. The summed E-state index contributed by atoms with van der Waals surface area (Å²) in [6, 6.07) is 17.8. The van der Waals surface area contributed by atoms with Crippen LogP contribution in [0.4, 0.5) is 0 Å². The van der Waals surface area contributed by atoms with Crippen LogP contribution in [0.15, 0.2) is 73.3 Å². The summed E-state index contributed by atoms with van der Waals surface area (Å²) in [5.74, 6) is -0.608. The molecule has 4 heteroatoms. The molecule has 0 heterocycles. The molecule has 0 radical (unpaired) electrons. The Morgan fingerprint density at radius 3 is 2.26 bits per heavy atom. The molecule has 0 saturated carbocycles. The zero-order valence-electron chi connectivity index (χ0n) is 12.8. The van der Waals surface area contributed by atoms with E-state index in [0.29, 0.717) is 5.56 Å². The molecule has 2 rings (SSSR count). The minimum atomic E-state index is -0.443. The van der Waals surface area contributed by atoms with Crippen molar-refractivity contribution in [3.05, 3.63) is 84.4 Å². The fourth-order valence-corrected chi connectivity index (χ4v) is 2.15. The van der Waals surface area contributed by atoms with E-state index in [-0.39, 0.29) is 24.9 Å². The van der Waals surface area contributed by atoms with Crippen molar-refractivity contribution in [2.45, 2.75) is 12.5 Å². The SMILES string of the molecule is C=CCOC(=O)C[C@@H](NC(=O)c1ccccc1)c1ccccc1. The van der Waals surface area contributed by atoms with Crippen LogP contribution in [0, 0.1) is 0 Å². The van der Waals surface area contributed by atoms with Gasteiger partial charge in [-0.15, -0.1) is 0 Å². The van der Waals surface area contributed by atoms with Gasteiger partial charge in [0.05, 0.1) is 12.5 Å². The van der Waals surface area contributed by atoms with Gasteiger partial charge in [-0.25, -0.2) is 0 Å². The number of amides is 1. The van der Waals surface area contributed by atoms with Crippen LogP contribution < -0.4 is 5.32 Å². The number of rotatable bonds is 7. The van der Waals surface area contributed by atoms with Crippen molar-refractivity contribution < 1.29 is 14.3 Å². The highest BCUT2D eigenvalue weighted by atomic mass is 16.5. The molecular formula is C19H19NO3. The standard InChI is InChI=1S/C19H19NO3/c1-2-13-23-18(21)14-17(15-9-5-3-6-10-15)20-19(22)16-11-7-4-8-12-16/h2-12,17H,1,13-14H2,(H,20,22)/t17-/m1/s1. The largest absolute Gasteiger partial charge is 0.461 e. The molecule has 1 atom stereocenters. The van der Waals surface area contributed by atoms with Crippen LogP contribution in [0.5, 0.6) is 0 Å². The van der Waals surface area contributed by atoms with Crippen molar-refractivity contribution in [2.75, 3.05) is 6.61 Å². The van der Waals surface area contributed by atoms with E-state index in [0.717, 1.165) is 5.56 Å². The second kappa shape index (κ2) is 8.54. The average molecular weight is 309 g/mol. The quantitative estimate of drug-likeness (QED) is 0.631. The van der Waals surface area contributed by atoms with Crippen molar-refractivity contribution in [2.24, 2.45) is 0 Å². The third-order valence-corrected chi connectivity index (χ3v) is 3.28. The lowest BCUT2D eigenvalue weighted by Crippen LogP contribution is -2.30. The van der Waals surface area contributed by atoms with E-state index in [1.54, 1.807) is 24.3 Å². The first kappa shape index (κ1) is 16.5. The van der Waals surface area contributed by atoms with Crippen molar-refractivity contribution >= 4 is 11.9 Å². The van der Waals surface area contributed by atoms with Gasteiger partial charge in [0.2, 0.25) is 0 Å². The third kappa shape index (κ3) is 5.11. The number of carbonyl (C=O) groups excluding carboxylic acids is 2. The Bertz CT molecular complexity index is 653. The summed E-state index contributed by atoms with van der Waals surface area (Å²) in [6.07, 6.45) is 1.58. The molecule has 0 aliphatic rings. The predicted octanol–water partition coefficient (Wildman–Crippen LogP) is 3.28. The molecule has 0 bridgehead atoms. The van der Waals surface area contributed by atoms with E-state index in [9.17, 15) is 9.59 Å². The first-order valence-electron chi connectivity index (χ1n) is 7.38. The molecule has 23 heavy (non-hydrogen) atoms. The number of ether oxygens (including phenoxy) is 1. The maximum atomic E-state index is 12.3. The van der Waals surface area contributed by atoms with Gasteiger partial charge in [0.1, 0.15) is 6.61 Å². The number of benzene rings is 2. The van der Waals surface area contributed by atoms with Gasteiger partial charge in [0, 0.05) is 5.56 Å². The van der Waals surface area contributed by atoms with Crippen molar-refractivity contribution in [3.8, 4) is 0 Å². The minimum Gasteiger partial charge on any atom is -0.461 e. The smallest absolute Gasteiger partial charge is 0.308 e. The van der Waals surface area contributed by atoms with Crippen LogP contribution in [0.3, 0.4) is 0 Å². The fourth-order valence-electron chi connectivity index (χ4n) is 2.15. The van der Waals surface area contributed by atoms with Crippen LogP contribution in [0.2, 0.25) is 0 Å². The molecule has 1 N–H and O–H groups in total. The van der Waals surface area contributed by atoms with Gasteiger partial charge in [-0.2, -0.15) is 0 Å². The maximum Gasteiger partial charge on any atom is 0.308 e. The number of nitrogens with one attached hydrogen (secondary N) is 1. The highest BCUT2D eigenvalue weighted by Gasteiger charge is 2.19. The van der Waals surface area contributed by atoms with E-state index in [1.165, 1.54) is 6.08 Å². The Morgan fingerprint density at radius 1 is 1.04 bits per heavy atom. The molecule has 0 fully saturated rings. The van der Waals surface area contributed by atoms with Gasteiger partial charge in [-0.1, -0.05) is 61.2 Å². The zero-order valence-corrected chi connectivity index (χ0v) is 12.8. The number of hydrogen-bond acceptors (Lipinski definition) is 3. The molecule has 0 aliphatic carbocycles. The fraction of sp³-hybridized carbons (Fsp3) is 0.158. The van der Waals surface area contributed by atoms with Crippen molar-refractivity contribution in [1.82, 2.24) is 5.32 Å². The number of carbonyl (C=O) groups is 2. The highest BCUT2D eigenvalue weighted by molar-refractivity contribution is 5.94. The highest BCUT2D eigenvalue weighted by Crippen LogP contribution is 2.18. The first-order chi connectivity index (χ1) is 11.2. The molecule has 0 aromatic heterocycles. The molecule has 0 spiro atoms. The first-order valence-corrected chi connectivity index (χ1v) is 7.38. The average Bonchev–Trinajstić information content (AvgIpc) is 2.61. The molecule has 0 saturated heterocycles. The molecule has 0 aliphatic heterocycles. The summed E-state index contributed by atoms with van der Waals surface area (Å²) in [7, 11) is 0. The normalized spacial score (nSPS) is 11.3. The van der Waals surface area contributed by atoms with E-state index in [1.807, 2.05) is 36.4 Å². The molecule has 118 valence electrons. The van der Waals surface area contributed by atoms with Crippen molar-refractivity contribution in [1.29, 1.82) is 0 Å². The maximum absolute atomic E-state index is 12.3. The van der Waals surface area contributed by atoms with Gasteiger partial charge >= 0.3 is 5.97 Å². The van der Waals surface area contributed by atoms with E-state index in [4.69, 9.17) is 4.74 Å². The Balaban J connectivity index is 2.12. The Morgan fingerprint density at radius 2 is 1.65 bits per heavy atom. The van der Waals surface area contributed by atoms with Gasteiger partial charge in [0.25, 0.3) is 5.91 Å². The van der Waals surface area contributed by atoms with Gasteiger partial charge in [0.15, 0.2) is 0 Å². The third-order valence-electron chi connectivity index (χ3n) is 3.28. The van der Waals surface area contributed by atoms with Crippen LogP contribution in [0.25, 0.3) is 0 Å². The van der Waals surface area contributed by atoms with Crippen LogP contribution in [-0.4, -0.2) is 18.5 Å². The van der Waals surface area contributed by atoms with Gasteiger partial charge in [-0.3, -0.25) is 9.59 Å². The lowest BCUT2D eigenvalue weighted by atomic mass is 10.0. The van der Waals surface area contributed by atoms with Gasteiger partial charge < -0.3 is 10.1 Å². The molecule has 4 nitrogen and oxygen atoms in total. The van der Waals surface area contributed by atoms with E-state index >= 15 is 0 Å². The molecule has 2 aromatic rings. The van der Waals surface area contributed by atoms with Gasteiger partial charge in [-0.05, 0) is 17.7 Å². The summed E-state index contributed by atoms with van der Waals surface area (Å²) < 4.78 is 5.02. The zero-order chi connectivity index (χ0) is 16.5. The number of esters is 1. The summed E-state index contributed by atoms with van der Waals surface area (Å²) in [6.45, 7) is 3.67. The second-order valence-corrected chi connectivity index (χ2v) is 4.98. The molecule has 1 amide bonds. The number of hydrogen-bond donors (Lipinski definition) is 1. The van der Waals surface area contributed by atoms with Crippen LogP contribution >= 0.6 is 0 Å². The van der Waals surface area contributed by atoms with E-state index in [2.05, 4.69) is 11.9 Å². The lowest BCUT2D eigenvalue weighted by molar-refractivity contribution is -0.142. The second-order valence-electron chi connectivity index (χ2n) is 4.98. The van der Waals surface area contributed by atoms with E-state index < -0.39 is 6.04 Å². The summed E-state index contributed by atoms with van der Waals surface area (Å²) in [4.78, 5) is 24.2.